The van der Waals surface area contributed by atoms with E-state index < -0.39 is 0 Å². The van der Waals surface area contributed by atoms with E-state index in [1.165, 1.54) is 0 Å². The Kier molecular flexibility index (Phi) is 2.97. The third kappa shape index (κ3) is 1.88. The predicted octanol–water partition coefficient (Wildman–Crippen LogP) is 3.81. The Morgan fingerprint density at radius 3 is 2.71 bits per heavy atom. The molecule has 2 aromatic heterocycles. The van der Waals surface area contributed by atoms with Crippen molar-refractivity contribution >= 4 is 38.9 Å². The van der Waals surface area contributed by atoms with E-state index in [-0.39, 0.29) is 6.04 Å². The van der Waals surface area contributed by atoms with Crippen LogP contribution in [0.3, 0.4) is 0 Å². The summed E-state index contributed by atoms with van der Waals surface area (Å²) in [7, 11) is 0. The molecule has 1 unspecified atom stereocenters. The van der Waals surface area contributed by atoms with E-state index >= 15 is 0 Å². The molecule has 2 N–H and O–H groups in total. The molecule has 0 bridgehead atoms. The first-order chi connectivity index (χ1) is 6.68. The van der Waals surface area contributed by atoms with Crippen molar-refractivity contribution in [3.05, 3.63) is 43.9 Å². The fourth-order valence-electron chi connectivity index (χ4n) is 1.16. The Morgan fingerprint density at radius 2 is 2.21 bits per heavy atom. The number of rotatable bonds is 2. The first-order valence-electron chi connectivity index (χ1n) is 3.91. The van der Waals surface area contributed by atoms with E-state index in [0.29, 0.717) is 11.0 Å². The molecule has 74 valence electrons. The number of nitrogens with two attached hydrogens (primary N) is 1. The van der Waals surface area contributed by atoms with Gasteiger partial charge >= 0.3 is 0 Å². The van der Waals surface area contributed by atoms with Crippen molar-refractivity contribution in [1.29, 1.82) is 0 Å². The molecule has 14 heavy (non-hydrogen) atoms. The Morgan fingerprint density at radius 1 is 1.43 bits per heavy atom. The zero-order valence-corrected chi connectivity index (χ0v) is 10.2. The van der Waals surface area contributed by atoms with Crippen LogP contribution in [0, 0.1) is 0 Å². The topological polar surface area (TPSA) is 39.2 Å². The van der Waals surface area contributed by atoms with Crippen molar-refractivity contribution in [2.45, 2.75) is 6.04 Å². The zero-order valence-electron chi connectivity index (χ0n) is 7.04. The van der Waals surface area contributed by atoms with Crippen LogP contribution in [0.1, 0.15) is 17.4 Å². The normalized spacial score (nSPS) is 13.1. The first-order valence-corrected chi connectivity index (χ1v) is 6.02. The SMILES string of the molecule is NC(c1ccc(Cl)o1)c1cscc1Br. The summed E-state index contributed by atoms with van der Waals surface area (Å²) in [5.41, 5.74) is 7.01. The quantitative estimate of drug-likeness (QED) is 0.914. The van der Waals surface area contributed by atoms with Crippen molar-refractivity contribution in [2.24, 2.45) is 5.73 Å². The molecule has 0 aliphatic rings. The van der Waals surface area contributed by atoms with Crippen molar-refractivity contribution < 1.29 is 4.42 Å². The molecule has 0 aliphatic heterocycles. The molecule has 0 saturated carbocycles. The maximum atomic E-state index is 6.00. The van der Waals surface area contributed by atoms with Crippen LogP contribution in [0.5, 0.6) is 0 Å². The zero-order chi connectivity index (χ0) is 10.1. The van der Waals surface area contributed by atoms with Gasteiger partial charge in [0.15, 0.2) is 5.22 Å². The Bertz CT molecular complexity index is 439. The highest BCUT2D eigenvalue weighted by Crippen LogP contribution is 2.31. The van der Waals surface area contributed by atoms with Crippen LogP contribution in [-0.4, -0.2) is 0 Å². The Balaban J connectivity index is 2.33. The molecule has 1 atom stereocenters. The van der Waals surface area contributed by atoms with Gasteiger partial charge in [0, 0.05) is 15.4 Å². The minimum absolute atomic E-state index is 0.261. The summed E-state index contributed by atoms with van der Waals surface area (Å²) in [6.07, 6.45) is 0. The third-order valence-electron chi connectivity index (χ3n) is 1.88. The number of thiophene rings is 1. The van der Waals surface area contributed by atoms with Crippen molar-refractivity contribution in [3.63, 3.8) is 0 Å². The molecule has 2 nitrogen and oxygen atoms in total. The average molecular weight is 293 g/mol. The highest BCUT2D eigenvalue weighted by atomic mass is 79.9. The largest absolute Gasteiger partial charge is 0.448 e. The first kappa shape index (κ1) is 10.2. The van der Waals surface area contributed by atoms with Crippen LogP contribution in [0.15, 0.2) is 31.8 Å². The number of hydrogen-bond donors (Lipinski definition) is 1. The average Bonchev–Trinajstić information content (AvgIpc) is 2.73. The molecule has 0 aromatic carbocycles. The van der Waals surface area contributed by atoms with Crippen LogP contribution in [0.2, 0.25) is 5.22 Å². The van der Waals surface area contributed by atoms with Gasteiger partial charge in [0.05, 0.1) is 6.04 Å². The van der Waals surface area contributed by atoms with E-state index in [4.69, 9.17) is 21.8 Å². The van der Waals surface area contributed by atoms with Crippen LogP contribution in [0.4, 0.5) is 0 Å². The highest BCUT2D eigenvalue weighted by molar-refractivity contribution is 9.10. The van der Waals surface area contributed by atoms with E-state index in [9.17, 15) is 0 Å². The molecular formula is C9H7BrClNOS. The van der Waals surface area contributed by atoms with Gasteiger partial charge in [-0.05, 0) is 45.0 Å². The van der Waals surface area contributed by atoms with Gasteiger partial charge in [-0.25, -0.2) is 0 Å². The minimum Gasteiger partial charge on any atom is -0.448 e. The molecule has 5 heteroatoms. The smallest absolute Gasteiger partial charge is 0.193 e. The Hall–Kier alpha value is -0.290. The lowest BCUT2D eigenvalue weighted by molar-refractivity contribution is 0.491. The second-order valence-electron chi connectivity index (χ2n) is 2.79. The monoisotopic (exact) mass is 291 g/mol. The van der Waals surface area contributed by atoms with Crippen LogP contribution in [-0.2, 0) is 0 Å². The van der Waals surface area contributed by atoms with E-state index in [2.05, 4.69) is 15.9 Å². The lowest BCUT2D eigenvalue weighted by Crippen LogP contribution is -2.10. The fraction of sp³-hybridized carbons (Fsp3) is 0.111. The molecule has 0 saturated heterocycles. The molecule has 2 aromatic rings. The predicted molar refractivity (Wildman–Crippen MR) is 61.8 cm³/mol. The second kappa shape index (κ2) is 4.06. The minimum atomic E-state index is -0.261. The van der Waals surface area contributed by atoms with E-state index in [0.717, 1.165) is 10.0 Å². The fourth-order valence-corrected chi connectivity index (χ4v) is 2.89. The number of furan rings is 1. The molecular weight excluding hydrogens is 286 g/mol. The molecule has 0 fully saturated rings. The van der Waals surface area contributed by atoms with Crippen molar-refractivity contribution in [1.82, 2.24) is 0 Å². The summed E-state index contributed by atoms with van der Waals surface area (Å²) in [6, 6.07) is 3.22. The summed E-state index contributed by atoms with van der Waals surface area (Å²) >= 11 is 10.7. The Labute approximate surface area is 98.8 Å². The van der Waals surface area contributed by atoms with Crippen molar-refractivity contribution in [2.75, 3.05) is 0 Å². The van der Waals surface area contributed by atoms with Gasteiger partial charge in [-0.2, -0.15) is 11.3 Å². The molecule has 0 amide bonds. The molecule has 2 rings (SSSR count). The highest BCUT2D eigenvalue weighted by Gasteiger charge is 2.16. The summed E-state index contributed by atoms with van der Waals surface area (Å²) in [5, 5.41) is 4.34. The summed E-state index contributed by atoms with van der Waals surface area (Å²) in [6.45, 7) is 0. The molecule has 0 spiro atoms. The summed E-state index contributed by atoms with van der Waals surface area (Å²) < 4.78 is 6.25. The van der Waals surface area contributed by atoms with Crippen LogP contribution in [0.25, 0.3) is 0 Å². The van der Waals surface area contributed by atoms with Gasteiger partial charge in [-0.15, -0.1) is 0 Å². The lowest BCUT2D eigenvalue weighted by Gasteiger charge is -2.06. The number of halogens is 2. The van der Waals surface area contributed by atoms with Gasteiger partial charge in [0.2, 0.25) is 0 Å². The van der Waals surface area contributed by atoms with Gasteiger partial charge in [0.1, 0.15) is 5.76 Å². The van der Waals surface area contributed by atoms with Gasteiger partial charge in [-0.1, -0.05) is 0 Å². The summed E-state index contributed by atoms with van der Waals surface area (Å²) in [4.78, 5) is 0. The van der Waals surface area contributed by atoms with Gasteiger partial charge < -0.3 is 10.2 Å². The van der Waals surface area contributed by atoms with Gasteiger partial charge in [0.25, 0.3) is 0 Å². The molecule has 0 aliphatic carbocycles. The summed E-state index contributed by atoms with van der Waals surface area (Å²) in [5.74, 6) is 0.675. The maximum absolute atomic E-state index is 6.00. The van der Waals surface area contributed by atoms with Crippen LogP contribution >= 0.6 is 38.9 Å². The molecule has 0 radical (unpaired) electrons. The van der Waals surface area contributed by atoms with Gasteiger partial charge in [-0.3, -0.25) is 0 Å². The standard InChI is InChI=1S/C9H7BrClNOS/c10-6-4-14-3-5(6)9(12)7-1-2-8(11)13-7/h1-4,9H,12H2. The second-order valence-corrected chi connectivity index (χ2v) is 4.77. The van der Waals surface area contributed by atoms with E-state index in [1.807, 2.05) is 10.8 Å². The lowest BCUT2D eigenvalue weighted by atomic mass is 10.1. The van der Waals surface area contributed by atoms with E-state index in [1.54, 1.807) is 23.5 Å². The molecule has 2 heterocycles. The van der Waals surface area contributed by atoms with Crippen LogP contribution < -0.4 is 5.73 Å². The van der Waals surface area contributed by atoms with Crippen molar-refractivity contribution in [3.8, 4) is 0 Å². The maximum Gasteiger partial charge on any atom is 0.193 e. The number of hydrogen-bond acceptors (Lipinski definition) is 3. The third-order valence-corrected chi connectivity index (χ3v) is 3.83.